The lowest BCUT2D eigenvalue weighted by Gasteiger charge is -2.28. The van der Waals surface area contributed by atoms with Gasteiger partial charge in [-0.25, -0.2) is 4.79 Å². The molecule has 0 bridgehead atoms. The van der Waals surface area contributed by atoms with Gasteiger partial charge in [-0.2, -0.15) is 0 Å². The van der Waals surface area contributed by atoms with E-state index in [2.05, 4.69) is 29.2 Å². The van der Waals surface area contributed by atoms with Crippen LogP contribution in [0.3, 0.4) is 0 Å². The van der Waals surface area contributed by atoms with Gasteiger partial charge in [-0.1, -0.05) is 13.8 Å². The van der Waals surface area contributed by atoms with Crippen molar-refractivity contribution >= 4 is 11.8 Å². The van der Waals surface area contributed by atoms with E-state index in [-0.39, 0.29) is 0 Å². The minimum absolute atomic E-state index is 0.425. The summed E-state index contributed by atoms with van der Waals surface area (Å²) >= 11 is 0. The summed E-state index contributed by atoms with van der Waals surface area (Å²) in [6.45, 7) is 5.11. The highest BCUT2D eigenvalue weighted by Crippen LogP contribution is 2.47. The van der Waals surface area contributed by atoms with E-state index in [1.54, 1.807) is 7.05 Å². The van der Waals surface area contributed by atoms with Crippen LogP contribution in [0.25, 0.3) is 0 Å². The summed E-state index contributed by atoms with van der Waals surface area (Å²) in [4.78, 5) is 16.0. The maximum absolute atomic E-state index is 11.3. The van der Waals surface area contributed by atoms with Crippen molar-refractivity contribution in [3.05, 3.63) is 23.8 Å². The molecule has 5 heteroatoms. The summed E-state index contributed by atoms with van der Waals surface area (Å²) in [7, 11) is 5.85. The maximum Gasteiger partial charge on any atom is 0.412 e. The van der Waals surface area contributed by atoms with Crippen molar-refractivity contribution in [2.45, 2.75) is 32.4 Å². The van der Waals surface area contributed by atoms with E-state index >= 15 is 0 Å². The summed E-state index contributed by atoms with van der Waals surface area (Å²) in [5.41, 5.74) is 2.53. The first-order valence-corrected chi connectivity index (χ1v) is 7.58. The Hall–Kier alpha value is -1.75. The average Bonchev–Trinajstić information content (AvgIpc) is 3.01. The highest BCUT2D eigenvalue weighted by Gasteiger charge is 2.43. The van der Waals surface area contributed by atoms with E-state index in [1.165, 1.54) is 11.3 Å². The van der Waals surface area contributed by atoms with Crippen molar-refractivity contribution in [1.82, 2.24) is 10.2 Å². The maximum atomic E-state index is 11.3. The number of amides is 1. The van der Waals surface area contributed by atoms with E-state index < -0.39 is 6.09 Å². The van der Waals surface area contributed by atoms with Crippen LogP contribution in [-0.4, -0.2) is 44.8 Å². The van der Waals surface area contributed by atoms with Gasteiger partial charge in [0.05, 0.1) is 6.17 Å². The molecule has 1 N–H and O–H groups in total. The number of carbonyl (C=O) groups excluding carboxylic acids is 1. The van der Waals surface area contributed by atoms with Crippen molar-refractivity contribution in [3.63, 3.8) is 0 Å². The number of nitrogens with one attached hydrogen (secondary N) is 1. The molecule has 3 rings (SSSR count). The van der Waals surface area contributed by atoms with Gasteiger partial charge in [-0.3, -0.25) is 4.90 Å². The molecule has 0 radical (unpaired) electrons. The Labute approximate surface area is 126 Å². The first kappa shape index (κ1) is 15.6. The number of nitrogens with zero attached hydrogens (tertiary/aromatic N) is 2. The van der Waals surface area contributed by atoms with Crippen molar-refractivity contribution in [2.75, 3.05) is 32.6 Å². The molecule has 2 heterocycles. The lowest BCUT2D eigenvalue weighted by molar-refractivity contribution is 0.203. The van der Waals surface area contributed by atoms with Crippen LogP contribution >= 0.6 is 0 Å². The summed E-state index contributed by atoms with van der Waals surface area (Å²) < 4.78 is 5.22. The van der Waals surface area contributed by atoms with Crippen LogP contribution in [0.1, 0.15) is 31.7 Å². The number of rotatable bonds is 1. The quantitative estimate of drug-likeness (QED) is 0.864. The fourth-order valence-electron chi connectivity index (χ4n) is 3.33. The topological polar surface area (TPSA) is 44.8 Å². The summed E-state index contributed by atoms with van der Waals surface area (Å²) in [5.74, 6) is 1.12. The van der Waals surface area contributed by atoms with Crippen molar-refractivity contribution in [3.8, 4) is 5.75 Å². The summed E-state index contributed by atoms with van der Waals surface area (Å²) in [6.07, 6.45) is 1.17. The molecule has 1 amide bonds. The number of likely N-dealkylation sites (N-methyl/N-ethyl adjacent to an activating group) is 2. The fraction of sp³-hybridized carbons (Fsp3) is 0.562. The molecule has 1 saturated heterocycles. The van der Waals surface area contributed by atoms with Crippen LogP contribution < -0.4 is 15.0 Å². The molecule has 116 valence electrons. The number of carbonyl (C=O) groups is 1. The smallest absolute Gasteiger partial charge is 0.410 e. The molecule has 1 fully saturated rings. The molecule has 2 aliphatic rings. The largest absolute Gasteiger partial charge is 0.412 e. The van der Waals surface area contributed by atoms with Gasteiger partial charge in [0.2, 0.25) is 0 Å². The molecule has 2 aliphatic heterocycles. The Bertz CT molecular complexity index is 518. The van der Waals surface area contributed by atoms with Crippen molar-refractivity contribution in [1.29, 1.82) is 0 Å². The molecule has 0 aliphatic carbocycles. The second-order valence-corrected chi connectivity index (χ2v) is 5.26. The van der Waals surface area contributed by atoms with Gasteiger partial charge in [0, 0.05) is 32.2 Å². The number of anilines is 1. The van der Waals surface area contributed by atoms with E-state index in [0.29, 0.717) is 17.8 Å². The first-order chi connectivity index (χ1) is 10.1. The molecule has 1 unspecified atom stereocenters. The fourth-order valence-corrected chi connectivity index (χ4v) is 3.33. The number of likely N-dealkylation sites (tertiary alicyclic amines) is 1. The highest BCUT2D eigenvalue weighted by atomic mass is 16.5. The molecule has 21 heavy (non-hydrogen) atoms. The second-order valence-electron chi connectivity index (χ2n) is 5.26. The average molecular weight is 291 g/mol. The Morgan fingerprint density at radius 3 is 2.71 bits per heavy atom. The molecule has 5 nitrogen and oxygen atoms in total. The molecule has 1 aromatic carbocycles. The van der Waals surface area contributed by atoms with Gasteiger partial charge in [-0.05, 0) is 37.2 Å². The van der Waals surface area contributed by atoms with E-state index in [1.807, 2.05) is 32.0 Å². The van der Waals surface area contributed by atoms with Gasteiger partial charge in [0.25, 0.3) is 0 Å². The summed E-state index contributed by atoms with van der Waals surface area (Å²) in [6, 6.07) is 5.90. The second kappa shape index (κ2) is 6.35. The normalized spacial score (nSPS) is 23.0. The number of ether oxygens (including phenoxy) is 1. The number of benzene rings is 1. The van der Waals surface area contributed by atoms with Crippen LogP contribution in [0.5, 0.6) is 5.75 Å². The zero-order chi connectivity index (χ0) is 15.6. The Morgan fingerprint density at radius 1 is 1.33 bits per heavy atom. The monoisotopic (exact) mass is 291 g/mol. The number of hydrogen-bond donors (Lipinski definition) is 1. The van der Waals surface area contributed by atoms with Crippen LogP contribution in [0.2, 0.25) is 0 Å². The number of hydrogen-bond acceptors (Lipinski definition) is 4. The third-order valence-electron chi connectivity index (χ3n) is 4.19. The lowest BCUT2D eigenvalue weighted by Crippen LogP contribution is -2.39. The van der Waals surface area contributed by atoms with Crippen LogP contribution in [0.4, 0.5) is 10.5 Å². The van der Waals surface area contributed by atoms with Gasteiger partial charge in [-0.15, -0.1) is 0 Å². The van der Waals surface area contributed by atoms with Crippen LogP contribution in [0, 0.1) is 0 Å². The molecule has 1 aromatic rings. The minimum atomic E-state index is -0.425. The van der Waals surface area contributed by atoms with Gasteiger partial charge < -0.3 is 15.0 Å². The molecule has 0 spiro atoms. The van der Waals surface area contributed by atoms with Crippen molar-refractivity contribution in [2.24, 2.45) is 0 Å². The summed E-state index contributed by atoms with van der Waals surface area (Å²) in [5, 5.41) is 2.46. The Kier molecular flexibility index (Phi) is 4.73. The predicted molar refractivity (Wildman–Crippen MR) is 85.1 cm³/mol. The lowest BCUT2D eigenvalue weighted by atomic mass is 9.98. The number of fused-ring (bicyclic) bond motifs is 3. The SMILES string of the molecule is CC.CNC(=O)Oc1ccc2c(c1)C1CCN(C)[C@@H]1N2C. The molecular formula is C16H25N3O2. The van der Waals surface area contributed by atoms with Crippen LogP contribution in [0.15, 0.2) is 18.2 Å². The van der Waals surface area contributed by atoms with Crippen LogP contribution in [-0.2, 0) is 0 Å². The van der Waals surface area contributed by atoms with Gasteiger partial charge in [0.1, 0.15) is 5.75 Å². The van der Waals surface area contributed by atoms with E-state index in [9.17, 15) is 4.79 Å². The predicted octanol–water partition coefficient (Wildman–Crippen LogP) is 2.63. The standard InChI is InChI=1S/C14H19N3O2.C2H6/c1-15-14(18)19-9-4-5-12-11(8-9)10-6-7-16(2)13(10)17(12)3;1-2/h4-5,8,10,13H,6-7H2,1-3H3,(H,15,18);1-2H3/t10?,13-;/m1./s1. The molecule has 0 saturated carbocycles. The zero-order valence-electron chi connectivity index (χ0n) is 13.5. The van der Waals surface area contributed by atoms with E-state index in [4.69, 9.17) is 4.74 Å². The molecule has 0 aromatic heterocycles. The molecule has 2 atom stereocenters. The van der Waals surface area contributed by atoms with Gasteiger partial charge >= 0.3 is 6.09 Å². The third kappa shape index (κ3) is 2.70. The van der Waals surface area contributed by atoms with Crippen molar-refractivity contribution < 1.29 is 9.53 Å². The Morgan fingerprint density at radius 2 is 2.05 bits per heavy atom. The highest BCUT2D eigenvalue weighted by molar-refractivity contribution is 5.71. The first-order valence-electron chi connectivity index (χ1n) is 7.58. The molecular weight excluding hydrogens is 266 g/mol. The Balaban J connectivity index is 0.000000774. The third-order valence-corrected chi connectivity index (χ3v) is 4.19. The van der Waals surface area contributed by atoms with E-state index in [0.717, 1.165) is 13.0 Å². The zero-order valence-corrected chi connectivity index (χ0v) is 13.5. The van der Waals surface area contributed by atoms with Gasteiger partial charge in [0.15, 0.2) is 0 Å². The minimum Gasteiger partial charge on any atom is -0.410 e.